The third-order valence-corrected chi connectivity index (χ3v) is 2.68. The van der Waals surface area contributed by atoms with E-state index in [-0.39, 0.29) is 6.04 Å². The fraction of sp³-hybridized carbons (Fsp3) is 0.429. The molecule has 0 saturated carbocycles. The second kappa shape index (κ2) is 7.21. The summed E-state index contributed by atoms with van der Waals surface area (Å²) in [5.74, 6) is 3.40. The monoisotopic (exact) mass is 251 g/mol. The summed E-state index contributed by atoms with van der Waals surface area (Å²) >= 11 is 6.15. The Balaban J connectivity index is 2.69. The van der Waals surface area contributed by atoms with Crippen LogP contribution < -0.4 is 10.5 Å². The number of hydrogen-bond donors (Lipinski definition) is 1. The first-order chi connectivity index (χ1) is 8.15. The van der Waals surface area contributed by atoms with Crippen LogP contribution in [0, 0.1) is 12.3 Å². The topological polar surface area (TPSA) is 35.2 Å². The minimum Gasteiger partial charge on any atom is -0.493 e. The molecule has 2 N–H and O–H groups in total. The number of rotatable bonds is 6. The fourth-order valence-corrected chi connectivity index (χ4v) is 1.79. The zero-order valence-electron chi connectivity index (χ0n) is 10.1. The molecule has 1 aromatic carbocycles. The van der Waals surface area contributed by atoms with Crippen molar-refractivity contribution in [3.8, 4) is 18.1 Å². The minimum absolute atomic E-state index is 0.0583. The SMILES string of the molecule is C#CCCCOc1cccc(Cl)c1CC(C)N. The third kappa shape index (κ3) is 4.68. The van der Waals surface area contributed by atoms with Gasteiger partial charge in [0.25, 0.3) is 0 Å². The van der Waals surface area contributed by atoms with Gasteiger partial charge in [-0.05, 0) is 31.9 Å². The number of unbranched alkanes of at least 4 members (excludes halogenated alkanes) is 1. The maximum absolute atomic E-state index is 6.15. The Kier molecular flexibility index (Phi) is 5.90. The number of halogens is 1. The van der Waals surface area contributed by atoms with Gasteiger partial charge < -0.3 is 10.5 Å². The van der Waals surface area contributed by atoms with E-state index in [0.29, 0.717) is 18.1 Å². The van der Waals surface area contributed by atoms with Crippen molar-refractivity contribution in [2.24, 2.45) is 5.73 Å². The molecule has 0 amide bonds. The molecule has 17 heavy (non-hydrogen) atoms. The number of benzene rings is 1. The third-order valence-electron chi connectivity index (χ3n) is 2.32. The van der Waals surface area contributed by atoms with Crippen LogP contribution >= 0.6 is 11.6 Å². The van der Waals surface area contributed by atoms with E-state index in [2.05, 4.69) is 5.92 Å². The van der Waals surface area contributed by atoms with E-state index in [9.17, 15) is 0 Å². The molecular weight excluding hydrogens is 234 g/mol. The molecule has 0 fully saturated rings. The summed E-state index contributed by atoms with van der Waals surface area (Å²) in [6, 6.07) is 5.71. The lowest BCUT2D eigenvalue weighted by atomic mass is 10.1. The fourth-order valence-electron chi connectivity index (χ4n) is 1.55. The van der Waals surface area contributed by atoms with E-state index in [0.717, 1.165) is 24.2 Å². The van der Waals surface area contributed by atoms with Gasteiger partial charge in [0.1, 0.15) is 5.75 Å². The van der Waals surface area contributed by atoms with Crippen LogP contribution in [0.15, 0.2) is 18.2 Å². The highest BCUT2D eigenvalue weighted by molar-refractivity contribution is 6.31. The second-order valence-electron chi connectivity index (χ2n) is 4.05. The molecule has 1 aromatic rings. The summed E-state index contributed by atoms with van der Waals surface area (Å²) in [5, 5.41) is 0.705. The van der Waals surface area contributed by atoms with Crippen LogP contribution in [0.1, 0.15) is 25.3 Å². The second-order valence-corrected chi connectivity index (χ2v) is 4.46. The van der Waals surface area contributed by atoms with Gasteiger partial charge in [0.05, 0.1) is 6.61 Å². The van der Waals surface area contributed by atoms with Crippen LogP contribution in [0.25, 0.3) is 0 Å². The zero-order chi connectivity index (χ0) is 12.7. The number of hydrogen-bond acceptors (Lipinski definition) is 2. The molecule has 1 rings (SSSR count). The first-order valence-electron chi connectivity index (χ1n) is 5.74. The van der Waals surface area contributed by atoms with Crippen molar-refractivity contribution in [2.75, 3.05) is 6.61 Å². The summed E-state index contributed by atoms with van der Waals surface area (Å²) in [6.07, 6.45) is 7.47. The average molecular weight is 252 g/mol. The van der Waals surface area contributed by atoms with Gasteiger partial charge in [-0.15, -0.1) is 12.3 Å². The van der Waals surface area contributed by atoms with Crippen molar-refractivity contribution in [1.82, 2.24) is 0 Å². The lowest BCUT2D eigenvalue weighted by molar-refractivity contribution is 0.309. The van der Waals surface area contributed by atoms with Crippen LogP contribution in [0.5, 0.6) is 5.75 Å². The molecule has 0 aliphatic rings. The van der Waals surface area contributed by atoms with Gasteiger partial charge >= 0.3 is 0 Å². The van der Waals surface area contributed by atoms with Gasteiger partial charge in [0.15, 0.2) is 0 Å². The van der Waals surface area contributed by atoms with Crippen molar-refractivity contribution in [2.45, 2.75) is 32.2 Å². The Morgan fingerprint density at radius 3 is 2.94 bits per heavy atom. The largest absolute Gasteiger partial charge is 0.493 e. The van der Waals surface area contributed by atoms with Crippen molar-refractivity contribution in [3.63, 3.8) is 0 Å². The predicted molar refractivity (Wildman–Crippen MR) is 72.4 cm³/mol. The van der Waals surface area contributed by atoms with E-state index in [1.54, 1.807) is 0 Å². The highest BCUT2D eigenvalue weighted by Gasteiger charge is 2.10. The molecule has 2 nitrogen and oxygen atoms in total. The molecule has 1 unspecified atom stereocenters. The Morgan fingerprint density at radius 1 is 1.53 bits per heavy atom. The standard InChI is InChI=1S/C14H18ClNO/c1-3-4-5-9-17-14-8-6-7-13(15)12(14)10-11(2)16/h1,6-8,11H,4-5,9-10,16H2,2H3. The Bertz CT molecular complexity index is 396. The summed E-state index contributed by atoms with van der Waals surface area (Å²) in [7, 11) is 0. The maximum atomic E-state index is 6.15. The number of ether oxygens (including phenoxy) is 1. The normalized spacial score (nSPS) is 11.9. The van der Waals surface area contributed by atoms with Gasteiger partial charge in [-0.2, -0.15) is 0 Å². The van der Waals surface area contributed by atoms with Crippen molar-refractivity contribution in [1.29, 1.82) is 0 Å². The molecule has 0 aromatic heterocycles. The molecular formula is C14H18ClNO. The molecule has 0 spiro atoms. The highest BCUT2D eigenvalue weighted by atomic mass is 35.5. The summed E-state index contributed by atoms with van der Waals surface area (Å²) < 4.78 is 5.69. The summed E-state index contributed by atoms with van der Waals surface area (Å²) in [5.41, 5.74) is 6.77. The molecule has 0 bridgehead atoms. The van der Waals surface area contributed by atoms with Crippen LogP contribution in [-0.4, -0.2) is 12.6 Å². The van der Waals surface area contributed by atoms with Gasteiger partial charge in [-0.1, -0.05) is 17.7 Å². The Morgan fingerprint density at radius 2 is 2.29 bits per heavy atom. The Hall–Kier alpha value is -1.17. The van der Waals surface area contributed by atoms with Crippen LogP contribution in [0.2, 0.25) is 5.02 Å². The van der Waals surface area contributed by atoms with E-state index >= 15 is 0 Å². The van der Waals surface area contributed by atoms with Crippen LogP contribution in [0.3, 0.4) is 0 Å². The Labute approximate surface area is 108 Å². The number of terminal acetylenes is 1. The first kappa shape index (κ1) is 13.9. The summed E-state index contributed by atoms with van der Waals surface area (Å²) in [4.78, 5) is 0. The molecule has 0 aliphatic carbocycles. The van der Waals surface area contributed by atoms with Gasteiger partial charge in [-0.3, -0.25) is 0 Å². The lowest BCUT2D eigenvalue weighted by Gasteiger charge is -2.14. The molecule has 92 valence electrons. The van der Waals surface area contributed by atoms with Crippen LogP contribution in [0.4, 0.5) is 0 Å². The predicted octanol–water partition coefficient (Wildman–Crippen LogP) is 3.02. The molecule has 0 radical (unpaired) electrons. The number of nitrogens with two attached hydrogens (primary N) is 1. The molecule has 0 aliphatic heterocycles. The molecule has 0 heterocycles. The minimum atomic E-state index is 0.0583. The smallest absolute Gasteiger partial charge is 0.124 e. The van der Waals surface area contributed by atoms with E-state index < -0.39 is 0 Å². The van der Waals surface area contributed by atoms with Crippen LogP contribution in [-0.2, 0) is 6.42 Å². The quantitative estimate of drug-likeness (QED) is 0.623. The highest BCUT2D eigenvalue weighted by Crippen LogP contribution is 2.27. The van der Waals surface area contributed by atoms with Gasteiger partial charge in [0, 0.05) is 23.0 Å². The maximum Gasteiger partial charge on any atom is 0.124 e. The zero-order valence-corrected chi connectivity index (χ0v) is 10.8. The van der Waals surface area contributed by atoms with Crippen molar-refractivity contribution in [3.05, 3.63) is 28.8 Å². The van der Waals surface area contributed by atoms with E-state index in [1.165, 1.54) is 0 Å². The first-order valence-corrected chi connectivity index (χ1v) is 6.12. The van der Waals surface area contributed by atoms with Gasteiger partial charge in [-0.25, -0.2) is 0 Å². The lowest BCUT2D eigenvalue weighted by Crippen LogP contribution is -2.18. The van der Waals surface area contributed by atoms with Crippen molar-refractivity contribution >= 4 is 11.6 Å². The average Bonchev–Trinajstić information content (AvgIpc) is 2.28. The molecule has 1 atom stereocenters. The van der Waals surface area contributed by atoms with Crippen molar-refractivity contribution < 1.29 is 4.74 Å². The molecule has 0 saturated heterocycles. The van der Waals surface area contributed by atoms with E-state index in [4.69, 9.17) is 28.5 Å². The van der Waals surface area contributed by atoms with Gasteiger partial charge in [0.2, 0.25) is 0 Å². The molecule has 3 heteroatoms. The van der Waals surface area contributed by atoms with E-state index in [1.807, 2.05) is 25.1 Å². The summed E-state index contributed by atoms with van der Waals surface area (Å²) in [6.45, 7) is 2.56.